The zero-order chi connectivity index (χ0) is 14.7. The van der Waals surface area contributed by atoms with Gasteiger partial charge >= 0.3 is 0 Å². The summed E-state index contributed by atoms with van der Waals surface area (Å²) >= 11 is 0. The van der Waals surface area contributed by atoms with Crippen LogP contribution in [-0.2, 0) is 6.42 Å². The van der Waals surface area contributed by atoms with Crippen LogP contribution in [0.25, 0.3) is 0 Å². The van der Waals surface area contributed by atoms with Gasteiger partial charge in [-0.2, -0.15) is 0 Å². The van der Waals surface area contributed by atoms with E-state index in [1.54, 1.807) is 6.92 Å². The van der Waals surface area contributed by atoms with Crippen molar-refractivity contribution < 1.29 is 8.78 Å². The van der Waals surface area contributed by atoms with Crippen LogP contribution in [0.2, 0.25) is 0 Å². The van der Waals surface area contributed by atoms with Crippen LogP contribution < -0.4 is 5.73 Å². The summed E-state index contributed by atoms with van der Waals surface area (Å²) in [6.45, 7) is 3.63. The summed E-state index contributed by atoms with van der Waals surface area (Å²) < 4.78 is 27.7. The number of benzene rings is 2. The highest BCUT2D eigenvalue weighted by Gasteiger charge is 2.18. The molecule has 2 aromatic rings. The highest BCUT2D eigenvalue weighted by molar-refractivity contribution is 5.29. The van der Waals surface area contributed by atoms with Gasteiger partial charge < -0.3 is 5.73 Å². The monoisotopic (exact) mass is 275 g/mol. The summed E-state index contributed by atoms with van der Waals surface area (Å²) in [5, 5.41) is 0. The Labute approximate surface area is 118 Å². The third-order valence-electron chi connectivity index (χ3n) is 3.52. The van der Waals surface area contributed by atoms with E-state index in [1.165, 1.54) is 17.7 Å². The van der Waals surface area contributed by atoms with Gasteiger partial charge in [0.1, 0.15) is 11.6 Å². The standard InChI is InChI=1S/C17H19F2N/c1-11-4-3-5-13(10-11)7-9-15(20)16-14(18)8-6-12(2)17(16)19/h3-6,8,10,15H,7,9,20H2,1-2H3. The van der Waals surface area contributed by atoms with Gasteiger partial charge in [0.2, 0.25) is 0 Å². The van der Waals surface area contributed by atoms with E-state index < -0.39 is 17.7 Å². The molecule has 0 amide bonds. The van der Waals surface area contributed by atoms with Crippen LogP contribution in [0.4, 0.5) is 8.78 Å². The maximum atomic E-state index is 14.0. The van der Waals surface area contributed by atoms with Crippen LogP contribution >= 0.6 is 0 Å². The molecular formula is C17H19F2N. The van der Waals surface area contributed by atoms with Crippen LogP contribution in [0.15, 0.2) is 36.4 Å². The third kappa shape index (κ3) is 3.23. The summed E-state index contributed by atoms with van der Waals surface area (Å²) in [4.78, 5) is 0. The molecule has 1 atom stereocenters. The molecule has 0 fully saturated rings. The van der Waals surface area contributed by atoms with E-state index in [4.69, 9.17) is 5.73 Å². The lowest BCUT2D eigenvalue weighted by Gasteiger charge is -2.15. The van der Waals surface area contributed by atoms with E-state index >= 15 is 0 Å². The average Bonchev–Trinajstić information content (AvgIpc) is 2.41. The van der Waals surface area contributed by atoms with Gasteiger partial charge in [-0.25, -0.2) is 8.78 Å². The predicted octanol–water partition coefficient (Wildman–Crippen LogP) is 4.21. The van der Waals surface area contributed by atoms with Crippen LogP contribution in [0, 0.1) is 25.5 Å². The molecule has 0 saturated heterocycles. The number of halogens is 2. The van der Waals surface area contributed by atoms with Crippen molar-refractivity contribution in [2.24, 2.45) is 5.73 Å². The van der Waals surface area contributed by atoms with Gasteiger partial charge in [-0.1, -0.05) is 35.9 Å². The summed E-state index contributed by atoms with van der Waals surface area (Å²) in [7, 11) is 0. The summed E-state index contributed by atoms with van der Waals surface area (Å²) in [5.41, 5.74) is 8.70. The highest BCUT2D eigenvalue weighted by Crippen LogP contribution is 2.25. The molecule has 0 radical (unpaired) electrons. The van der Waals surface area contributed by atoms with Gasteiger partial charge in [0, 0.05) is 11.6 Å². The Kier molecular flexibility index (Phi) is 4.50. The van der Waals surface area contributed by atoms with Gasteiger partial charge in [0.25, 0.3) is 0 Å². The summed E-state index contributed by atoms with van der Waals surface area (Å²) in [6.07, 6.45) is 1.22. The van der Waals surface area contributed by atoms with E-state index in [9.17, 15) is 8.78 Å². The van der Waals surface area contributed by atoms with Gasteiger partial charge in [0.05, 0.1) is 0 Å². The first-order chi connectivity index (χ1) is 9.49. The molecule has 0 aliphatic rings. The van der Waals surface area contributed by atoms with Crippen molar-refractivity contribution in [1.82, 2.24) is 0 Å². The molecule has 106 valence electrons. The second-order valence-corrected chi connectivity index (χ2v) is 5.23. The Hall–Kier alpha value is -1.74. The Bertz CT molecular complexity index is 608. The fraction of sp³-hybridized carbons (Fsp3) is 0.294. The summed E-state index contributed by atoms with van der Waals surface area (Å²) in [5.74, 6) is -1.09. The quantitative estimate of drug-likeness (QED) is 0.888. The molecule has 1 nitrogen and oxygen atoms in total. The zero-order valence-electron chi connectivity index (χ0n) is 11.8. The lowest BCUT2D eigenvalue weighted by atomic mass is 9.97. The van der Waals surface area contributed by atoms with Crippen LogP contribution in [0.1, 0.15) is 34.7 Å². The molecule has 0 aliphatic carbocycles. The molecule has 20 heavy (non-hydrogen) atoms. The Balaban J connectivity index is 2.13. The number of hydrogen-bond acceptors (Lipinski definition) is 1. The first kappa shape index (κ1) is 14.7. The van der Waals surface area contributed by atoms with Gasteiger partial charge in [0.15, 0.2) is 0 Å². The molecular weight excluding hydrogens is 256 g/mol. The first-order valence-corrected chi connectivity index (χ1v) is 6.74. The molecule has 1 unspecified atom stereocenters. The molecule has 0 bridgehead atoms. The van der Waals surface area contributed by atoms with E-state index in [2.05, 4.69) is 6.07 Å². The van der Waals surface area contributed by atoms with Crippen LogP contribution in [-0.4, -0.2) is 0 Å². The average molecular weight is 275 g/mol. The molecule has 0 heterocycles. The van der Waals surface area contributed by atoms with Gasteiger partial charge in [-0.3, -0.25) is 0 Å². The van der Waals surface area contributed by atoms with Crippen LogP contribution in [0.5, 0.6) is 0 Å². The van der Waals surface area contributed by atoms with Crippen molar-refractivity contribution in [2.45, 2.75) is 32.7 Å². The second-order valence-electron chi connectivity index (χ2n) is 5.23. The SMILES string of the molecule is Cc1cccc(CCC(N)c2c(F)ccc(C)c2F)c1. The molecule has 3 heteroatoms. The van der Waals surface area contributed by atoms with Crippen molar-refractivity contribution in [1.29, 1.82) is 0 Å². The lowest BCUT2D eigenvalue weighted by Crippen LogP contribution is -2.16. The van der Waals surface area contributed by atoms with Crippen molar-refractivity contribution in [2.75, 3.05) is 0 Å². The Morgan fingerprint density at radius 2 is 1.85 bits per heavy atom. The smallest absolute Gasteiger partial charge is 0.133 e. The third-order valence-corrected chi connectivity index (χ3v) is 3.52. The van der Waals surface area contributed by atoms with Crippen molar-refractivity contribution in [3.8, 4) is 0 Å². The predicted molar refractivity (Wildman–Crippen MR) is 77.5 cm³/mol. The second kappa shape index (κ2) is 6.14. The minimum atomic E-state index is -0.629. The minimum Gasteiger partial charge on any atom is -0.324 e. The molecule has 0 spiro atoms. The van der Waals surface area contributed by atoms with Crippen molar-refractivity contribution in [3.63, 3.8) is 0 Å². The maximum Gasteiger partial charge on any atom is 0.133 e. The van der Waals surface area contributed by atoms with Gasteiger partial charge in [-0.05, 0) is 43.9 Å². The van der Waals surface area contributed by atoms with Crippen molar-refractivity contribution in [3.05, 3.63) is 70.3 Å². The minimum absolute atomic E-state index is 0.00217. The van der Waals surface area contributed by atoms with E-state index in [1.807, 2.05) is 25.1 Å². The summed E-state index contributed by atoms with van der Waals surface area (Å²) in [6, 6.07) is 10.1. The maximum absolute atomic E-state index is 14.0. The van der Waals surface area contributed by atoms with Gasteiger partial charge in [-0.15, -0.1) is 0 Å². The Morgan fingerprint density at radius 1 is 1.10 bits per heavy atom. The molecule has 2 N–H and O–H groups in total. The Morgan fingerprint density at radius 3 is 2.55 bits per heavy atom. The normalized spacial score (nSPS) is 12.4. The fourth-order valence-corrected chi connectivity index (χ4v) is 2.35. The largest absolute Gasteiger partial charge is 0.324 e. The first-order valence-electron chi connectivity index (χ1n) is 6.74. The van der Waals surface area contributed by atoms with E-state index in [-0.39, 0.29) is 5.56 Å². The topological polar surface area (TPSA) is 26.0 Å². The number of hydrogen-bond donors (Lipinski definition) is 1. The molecule has 0 aromatic heterocycles. The number of rotatable bonds is 4. The number of aryl methyl sites for hydroxylation is 3. The fourth-order valence-electron chi connectivity index (χ4n) is 2.35. The molecule has 2 rings (SSSR count). The van der Waals surface area contributed by atoms with E-state index in [0.717, 1.165) is 5.56 Å². The zero-order valence-corrected chi connectivity index (χ0v) is 11.8. The lowest BCUT2D eigenvalue weighted by molar-refractivity contribution is 0.508. The molecule has 2 aromatic carbocycles. The number of nitrogens with two attached hydrogens (primary N) is 1. The van der Waals surface area contributed by atoms with Crippen molar-refractivity contribution >= 4 is 0 Å². The molecule has 0 saturated carbocycles. The van der Waals surface area contributed by atoms with E-state index in [0.29, 0.717) is 18.4 Å². The van der Waals surface area contributed by atoms with Crippen LogP contribution in [0.3, 0.4) is 0 Å². The molecule has 0 aliphatic heterocycles. The highest BCUT2D eigenvalue weighted by atomic mass is 19.1.